The molecule has 0 amide bonds. The highest BCUT2D eigenvalue weighted by molar-refractivity contribution is 5.28. The summed E-state index contributed by atoms with van der Waals surface area (Å²) in [6.07, 6.45) is 5.74. The smallest absolute Gasteiger partial charge is 0.119 e. The van der Waals surface area contributed by atoms with Crippen molar-refractivity contribution in [2.75, 3.05) is 6.61 Å². The third-order valence-electron chi connectivity index (χ3n) is 1.92. The predicted molar refractivity (Wildman–Crippen MR) is 58.0 cm³/mol. The van der Waals surface area contributed by atoms with Crippen LogP contribution in [0, 0.1) is 12.3 Å². The average Bonchev–Trinajstić information content (AvgIpc) is 2.19. The van der Waals surface area contributed by atoms with Gasteiger partial charge in [-0.05, 0) is 24.6 Å². The molecular weight excluding hydrogens is 174 g/mol. The largest absolute Gasteiger partial charge is 0.493 e. The van der Waals surface area contributed by atoms with Crippen molar-refractivity contribution < 1.29 is 4.74 Å². The van der Waals surface area contributed by atoms with Gasteiger partial charge in [-0.15, -0.1) is 12.3 Å². The quantitative estimate of drug-likeness (QED) is 0.581. The molecule has 2 nitrogen and oxygen atoms in total. The van der Waals surface area contributed by atoms with E-state index < -0.39 is 0 Å². The highest BCUT2D eigenvalue weighted by atomic mass is 16.5. The number of nitrogens with two attached hydrogens (primary N) is 1. The average molecular weight is 189 g/mol. The molecule has 2 heteroatoms. The molecule has 0 bridgehead atoms. The van der Waals surface area contributed by atoms with Crippen LogP contribution in [0.15, 0.2) is 24.3 Å². The lowest BCUT2D eigenvalue weighted by Crippen LogP contribution is -2.04. The lowest BCUT2D eigenvalue weighted by Gasteiger charge is -2.07. The summed E-state index contributed by atoms with van der Waals surface area (Å²) in [6.45, 7) is 2.52. The van der Waals surface area contributed by atoms with E-state index in [1.165, 1.54) is 0 Å². The number of ether oxygens (including phenoxy) is 1. The Labute approximate surface area is 85.1 Å². The number of benzene rings is 1. The van der Waals surface area contributed by atoms with Crippen LogP contribution in [0.5, 0.6) is 5.75 Å². The van der Waals surface area contributed by atoms with E-state index >= 15 is 0 Å². The van der Waals surface area contributed by atoms with Crippen molar-refractivity contribution in [3.63, 3.8) is 0 Å². The van der Waals surface area contributed by atoms with Crippen molar-refractivity contribution in [2.45, 2.75) is 19.4 Å². The third kappa shape index (κ3) is 3.12. The van der Waals surface area contributed by atoms with Crippen LogP contribution in [0.3, 0.4) is 0 Å². The zero-order valence-electron chi connectivity index (χ0n) is 8.36. The van der Waals surface area contributed by atoms with Gasteiger partial charge < -0.3 is 10.5 Å². The molecule has 1 aromatic rings. The molecule has 0 heterocycles. The molecule has 0 fully saturated rings. The first-order valence-corrected chi connectivity index (χ1v) is 4.66. The van der Waals surface area contributed by atoms with E-state index in [-0.39, 0.29) is 6.04 Å². The van der Waals surface area contributed by atoms with Gasteiger partial charge in [0, 0.05) is 12.5 Å². The van der Waals surface area contributed by atoms with Crippen LogP contribution in [0.4, 0.5) is 0 Å². The Bertz CT molecular complexity index is 308. The normalized spacial score (nSPS) is 11.8. The number of terminal acetylenes is 1. The van der Waals surface area contributed by atoms with Crippen LogP contribution in [0.2, 0.25) is 0 Å². The van der Waals surface area contributed by atoms with Gasteiger partial charge in [0.2, 0.25) is 0 Å². The monoisotopic (exact) mass is 189 g/mol. The van der Waals surface area contributed by atoms with Crippen molar-refractivity contribution in [3.05, 3.63) is 29.8 Å². The van der Waals surface area contributed by atoms with E-state index in [0.717, 1.165) is 11.3 Å². The molecule has 0 spiro atoms. The first-order valence-electron chi connectivity index (χ1n) is 4.66. The molecule has 1 aromatic carbocycles. The van der Waals surface area contributed by atoms with Crippen LogP contribution in [-0.2, 0) is 0 Å². The van der Waals surface area contributed by atoms with Gasteiger partial charge in [-0.1, -0.05) is 12.1 Å². The highest BCUT2D eigenvalue weighted by Crippen LogP contribution is 2.15. The third-order valence-corrected chi connectivity index (χ3v) is 1.92. The molecule has 1 rings (SSSR count). The molecule has 0 aliphatic heterocycles. The molecular formula is C12H15NO. The summed E-state index contributed by atoms with van der Waals surface area (Å²) in [5.41, 5.74) is 6.82. The molecule has 14 heavy (non-hydrogen) atoms. The predicted octanol–water partition coefficient (Wildman–Crippen LogP) is 2.11. The molecule has 0 aliphatic carbocycles. The van der Waals surface area contributed by atoms with Crippen molar-refractivity contribution >= 4 is 0 Å². The molecule has 0 aromatic heterocycles. The van der Waals surface area contributed by atoms with Crippen molar-refractivity contribution in [2.24, 2.45) is 5.73 Å². The van der Waals surface area contributed by atoms with Crippen LogP contribution in [-0.4, -0.2) is 6.61 Å². The maximum Gasteiger partial charge on any atom is 0.119 e. The topological polar surface area (TPSA) is 35.2 Å². The van der Waals surface area contributed by atoms with Crippen molar-refractivity contribution in [1.29, 1.82) is 0 Å². The van der Waals surface area contributed by atoms with Crippen molar-refractivity contribution in [1.82, 2.24) is 0 Å². The fourth-order valence-electron chi connectivity index (χ4n) is 1.10. The molecule has 0 saturated carbocycles. The molecule has 0 saturated heterocycles. The zero-order valence-corrected chi connectivity index (χ0v) is 8.36. The lowest BCUT2D eigenvalue weighted by molar-refractivity contribution is 0.327. The van der Waals surface area contributed by atoms with E-state index in [1.54, 1.807) is 0 Å². The fraction of sp³-hybridized carbons (Fsp3) is 0.333. The Hall–Kier alpha value is -1.46. The Morgan fingerprint density at radius 2 is 2.07 bits per heavy atom. The summed E-state index contributed by atoms with van der Waals surface area (Å²) >= 11 is 0. The van der Waals surface area contributed by atoms with Crippen LogP contribution < -0.4 is 10.5 Å². The van der Waals surface area contributed by atoms with E-state index in [9.17, 15) is 0 Å². The Morgan fingerprint density at radius 1 is 1.43 bits per heavy atom. The van der Waals surface area contributed by atoms with Gasteiger partial charge >= 0.3 is 0 Å². The van der Waals surface area contributed by atoms with Crippen LogP contribution >= 0.6 is 0 Å². The maximum atomic E-state index is 5.72. The summed E-state index contributed by atoms with van der Waals surface area (Å²) in [4.78, 5) is 0. The lowest BCUT2D eigenvalue weighted by atomic mass is 10.1. The maximum absolute atomic E-state index is 5.72. The zero-order chi connectivity index (χ0) is 10.4. The fourth-order valence-corrected chi connectivity index (χ4v) is 1.10. The summed E-state index contributed by atoms with van der Waals surface area (Å²) in [6, 6.07) is 7.82. The van der Waals surface area contributed by atoms with Gasteiger partial charge in [-0.2, -0.15) is 0 Å². The molecule has 0 unspecified atom stereocenters. The van der Waals surface area contributed by atoms with Gasteiger partial charge in [0.25, 0.3) is 0 Å². The second kappa shape index (κ2) is 5.31. The SMILES string of the molecule is C#CCCOc1ccc([C@H](C)N)cc1. The molecule has 0 aliphatic rings. The Morgan fingerprint density at radius 3 is 2.57 bits per heavy atom. The Balaban J connectivity index is 2.52. The first kappa shape index (κ1) is 10.6. The molecule has 74 valence electrons. The minimum atomic E-state index is 0.0646. The number of rotatable bonds is 4. The summed E-state index contributed by atoms with van der Waals surface area (Å²) in [5.74, 6) is 3.36. The van der Waals surface area contributed by atoms with E-state index in [0.29, 0.717) is 13.0 Å². The van der Waals surface area contributed by atoms with Gasteiger partial charge in [-0.3, -0.25) is 0 Å². The number of hydrogen-bond acceptors (Lipinski definition) is 2. The minimum absolute atomic E-state index is 0.0646. The highest BCUT2D eigenvalue weighted by Gasteiger charge is 1.98. The van der Waals surface area contributed by atoms with E-state index in [4.69, 9.17) is 16.9 Å². The Kier molecular flexibility index (Phi) is 4.03. The summed E-state index contributed by atoms with van der Waals surface area (Å²) in [7, 11) is 0. The second-order valence-corrected chi connectivity index (χ2v) is 3.16. The van der Waals surface area contributed by atoms with E-state index in [1.807, 2.05) is 31.2 Å². The molecule has 0 radical (unpaired) electrons. The van der Waals surface area contributed by atoms with Gasteiger partial charge in [-0.25, -0.2) is 0 Å². The van der Waals surface area contributed by atoms with Crippen LogP contribution in [0.25, 0.3) is 0 Å². The van der Waals surface area contributed by atoms with Gasteiger partial charge in [0.15, 0.2) is 0 Å². The van der Waals surface area contributed by atoms with Gasteiger partial charge in [0.1, 0.15) is 5.75 Å². The second-order valence-electron chi connectivity index (χ2n) is 3.16. The minimum Gasteiger partial charge on any atom is -0.493 e. The van der Waals surface area contributed by atoms with Gasteiger partial charge in [0.05, 0.1) is 6.61 Å². The van der Waals surface area contributed by atoms with Crippen molar-refractivity contribution in [3.8, 4) is 18.1 Å². The van der Waals surface area contributed by atoms with Crippen LogP contribution in [0.1, 0.15) is 24.9 Å². The molecule has 2 N–H and O–H groups in total. The number of hydrogen-bond donors (Lipinski definition) is 1. The first-order chi connectivity index (χ1) is 6.74. The molecule has 1 atom stereocenters. The summed E-state index contributed by atoms with van der Waals surface area (Å²) in [5, 5.41) is 0. The standard InChI is InChI=1S/C12H15NO/c1-3-4-9-14-12-7-5-11(6-8-12)10(2)13/h1,5-8,10H,4,9,13H2,2H3/t10-/m0/s1. The van der Waals surface area contributed by atoms with E-state index in [2.05, 4.69) is 5.92 Å². The summed E-state index contributed by atoms with van der Waals surface area (Å²) < 4.78 is 5.40.